The summed E-state index contributed by atoms with van der Waals surface area (Å²) in [6, 6.07) is 14.2. The van der Waals surface area contributed by atoms with Crippen molar-refractivity contribution in [2.75, 3.05) is 11.4 Å². The molecule has 1 fully saturated rings. The van der Waals surface area contributed by atoms with Crippen LogP contribution in [0.3, 0.4) is 0 Å². The lowest BCUT2D eigenvalue weighted by Crippen LogP contribution is -2.50. The van der Waals surface area contributed by atoms with Crippen LogP contribution in [0.25, 0.3) is 0 Å². The Bertz CT molecular complexity index is 794. The smallest absolute Gasteiger partial charge is 0.248 e. The molecule has 3 rings (SSSR count). The summed E-state index contributed by atoms with van der Waals surface area (Å²) in [4.78, 5) is 25.8. The second kappa shape index (κ2) is 7.68. The molecule has 1 heterocycles. The zero-order valence-electron chi connectivity index (χ0n) is 13.7. The zero-order chi connectivity index (χ0) is 17.8. The summed E-state index contributed by atoms with van der Waals surface area (Å²) in [7, 11) is 0. The van der Waals surface area contributed by atoms with E-state index >= 15 is 0 Å². The highest BCUT2D eigenvalue weighted by molar-refractivity contribution is 6.33. The number of nitrogens with zero attached hydrogens (tertiary/aromatic N) is 1. The van der Waals surface area contributed by atoms with Crippen molar-refractivity contribution in [1.29, 1.82) is 0 Å². The lowest BCUT2D eigenvalue weighted by Gasteiger charge is -2.33. The van der Waals surface area contributed by atoms with Crippen LogP contribution >= 0.6 is 11.6 Å². The summed E-state index contributed by atoms with van der Waals surface area (Å²) in [6.45, 7) is 1.16. The van der Waals surface area contributed by atoms with Crippen LogP contribution in [0.15, 0.2) is 48.5 Å². The molecular weight excluding hydrogens is 338 g/mol. The van der Waals surface area contributed by atoms with E-state index < -0.39 is 5.91 Å². The number of hydrogen-bond donors (Lipinski definition) is 2. The Morgan fingerprint density at radius 2 is 2.04 bits per heavy atom. The topological polar surface area (TPSA) is 75.4 Å². The predicted molar refractivity (Wildman–Crippen MR) is 98.6 cm³/mol. The number of primary amides is 1. The van der Waals surface area contributed by atoms with Crippen molar-refractivity contribution in [3.63, 3.8) is 0 Å². The van der Waals surface area contributed by atoms with Crippen molar-refractivity contribution in [3.8, 4) is 0 Å². The number of hydrogen-bond acceptors (Lipinski definition) is 3. The minimum atomic E-state index is -0.458. The molecule has 0 aromatic heterocycles. The van der Waals surface area contributed by atoms with Crippen molar-refractivity contribution >= 4 is 29.1 Å². The Hall–Kier alpha value is -2.37. The summed E-state index contributed by atoms with van der Waals surface area (Å²) < 4.78 is 0. The number of benzene rings is 2. The van der Waals surface area contributed by atoms with Crippen molar-refractivity contribution in [1.82, 2.24) is 5.32 Å². The van der Waals surface area contributed by atoms with E-state index in [0.717, 1.165) is 24.1 Å². The minimum absolute atomic E-state index is 0.0189. The van der Waals surface area contributed by atoms with Crippen molar-refractivity contribution in [2.24, 2.45) is 5.73 Å². The molecule has 1 aliphatic rings. The maximum atomic E-state index is 12.8. The monoisotopic (exact) mass is 357 g/mol. The van der Waals surface area contributed by atoms with Gasteiger partial charge in [-0.25, -0.2) is 0 Å². The first-order chi connectivity index (χ1) is 12.1. The number of rotatable bonds is 5. The van der Waals surface area contributed by atoms with E-state index in [1.165, 1.54) is 0 Å². The third-order valence-corrected chi connectivity index (χ3v) is 4.67. The molecule has 1 atom stereocenters. The Labute approximate surface area is 151 Å². The molecule has 3 N–H and O–H groups in total. The molecule has 0 bridgehead atoms. The fraction of sp³-hybridized carbons (Fsp3) is 0.263. The van der Waals surface area contributed by atoms with Gasteiger partial charge in [0.25, 0.3) is 0 Å². The van der Waals surface area contributed by atoms with E-state index in [-0.39, 0.29) is 11.9 Å². The third-order valence-electron chi connectivity index (χ3n) is 4.35. The average molecular weight is 358 g/mol. The lowest BCUT2D eigenvalue weighted by atomic mass is 10.0. The summed E-state index contributed by atoms with van der Waals surface area (Å²) in [6.07, 6.45) is 1.67. The van der Waals surface area contributed by atoms with Gasteiger partial charge in [-0.15, -0.1) is 0 Å². The van der Waals surface area contributed by atoms with E-state index in [1.807, 2.05) is 24.3 Å². The Balaban J connectivity index is 1.69. The van der Waals surface area contributed by atoms with Crippen LogP contribution in [-0.2, 0) is 11.3 Å². The molecule has 2 amide bonds. The highest BCUT2D eigenvalue weighted by atomic mass is 35.5. The van der Waals surface area contributed by atoms with E-state index in [2.05, 4.69) is 5.32 Å². The van der Waals surface area contributed by atoms with Crippen molar-refractivity contribution in [2.45, 2.75) is 25.4 Å². The number of carbonyl (C=O) groups excluding carboxylic acids is 2. The summed E-state index contributed by atoms with van der Waals surface area (Å²) >= 11 is 6.23. The van der Waals surface area contributed by atoms with Gasteiger partial charge in [0.15, 0.2) is 0 Å². The number of nitrogens with two attached hydrogens (primary N) is 1. The largest absolute Gasteiger partial charge is 0.366 e. The van der Waals surface area contributed by atoms with Gasteiger partial charge in [-0.2, -0.15) is 0 Å². The number of amides is 2. The maximum Gasteiger partial charge on any atom is 0.248 e. The molecule has 1 saturated heterocycles. The van der Waals surface area contributed by atoms with Crippen LogP contribution in [-0.4, -0.2) is 24.4 Å². The predicted octanol–water partition coefficient (Wildman–Crippen LogP) is 2.72. The van der Waals surface area contributed by atoms with Gasteiger partial charge in [-0.1, -0.05) is 35.9 Å². The Morgan fingerprint density at radius 3 is 2.80 bits per heavy atom. The van der Waals surface area contributed by atoms with E-state index in [9.17, 15) is 9.59 Å². The second-order valence-electron chi connectivity index (χ2n) is 6.08. The van der Waals surface area contributed by atoms with Gasteiger partial charge in [0.1, 0.15) is 0 Å². The molecule has 25 heavy (non-hydrogen) atoms. The van der Waals surface area contributed by atoms with Gasteiger partial charge in [0.05, 0.1) is 16.8 Å². The highest BCUT2D eigenvalue weighted by Gasteiger charge is 2.30. The van der Waals surface area contributed by atoms with Crippen LogP contribution in [0.5, 0.6) is 0 Å². The van der Waals surface area contributed by atoms with Crippen LogP contribution in [0.1, 0.15) is 28.8 Å². The number of anilines is 1. The normalized spacial score (nSPS) is 17.6. The van der Waals surface area contributed by atoms with Gasteiger partial charge < -0.3 is 16.0 Å². The molecule has 6 heteroatoms. The van der Waals surface area contributed by atoms with Gasteiger partial charge in [-0.05, 0) is 42.7 Å². The highest BCUT2D eigenvalue weighted by Crippen LogP contribution is 2.28. The number of halogens is 1. The molecular formula is C19H20ClN3O2. The Morgan fingerprint density at radius 1 is 1.24 bits per heavy atom. The average Bonchev–Trinajstić information content (AvgIpc) is 2.62. The van der Waals surface area contributed by atoms with E-state index in [4.69, 9.17) is 17.3 Å². The minimum Gasteiger partial charge on any atom is -0.366 e. The molecule has 2 aromatic carbocycles. The second-order valence-corrected chi connectivity index (χ2v) is 6.49. The van der Waals surface area contributed by atoms with Gasteiger partial charge >= 0.3 is 0 Å². The molecule has 0 aliphatic carbocycles. The molecule has 130 valence electrons. The van der Waals surface area contributed by atoms with Crippen LogP contribution in [0.2, 0.25) is 5.02 Å². The van der Waals surface area contributed by atoms with Crippen LogP contribution in [0, 0.1) is 0 Å². The van der Waals surface area contributed by atoms with Crippen LogP contribution < -0.4 is 16.0 Å². The zero-order valence-corrected chi connectivity index (χ0v) is 14.5. The number of piperidine rings is 1. The SMILES string of the molecule is NC(=O)c1cccc(CN[C@@H]2CCCN(c3ccccc3Cl)C2=O)c1. The summed E-state index contributed by atoms with van der Waals surface area (Å²) in [5.41, 5.74) is 7.43. The third kappa shape index (κ3) is 4.00. The van der Waals surface area contributed by atoms with Crippen LogP contribution in [0.4, 0.5) is 5.69 Å². The summed E-state index contributed by atoms with van der Waals surface area (Å²) in [5.74, 6) is -0.439. The fourth-order valence-corrected chi connectivity index (χ4v) is 3.29. The van der Waals surface area contributed by atoms with Crippen molar-refractivity contribution in [3.05, 3.63) is 64.7 Å². The first kappa shape index (κ1) is 17.5. The van der Waals surface area contributed by atoms with Gasteiger partial charge in [0.2, 0.25) is 11.8 Å². The maximum absolute atomic E-state index is 12.8. The molecule has 1 aliphatic heterocycles. The molecule has 0 spiro atoms. The number of para-hydroxylation sites is 1. The molecule has 5 nitrogen and oxygen atoms in total. The van der Waals surface area contributed by atoms with Gasteiger partial charge in [-0.3, -0.25) is 9.59 Å². The van der Waals surface area contributed by atoms with E-state index in [1.54, 1.807) is 29.2 Å². The number of carbonyl (C=O) groups is 2. The molecule has 0 saturated carbocycles. The van der Waals surface area contributed by atoms with Gasteiger partial charge in [0, 0.05) is 18.7 Å². The fourth-order valence-electron chi connectivity index (χ4n) is 3.05. The Kier molecular flexibility index (Phi) is 5.36. The quantitative estimate of drug-likeness (QED) is 0.863. The van der Waals surface area contributed by atoms with E-state index in [0.29, 0.717) is 23.7 Å². The molecule has 0 unspecified atom stereocenters. The summed E-state index contributed by atoms with van der Waals surface area (Å²) in [5, 5.41) is 3.86. The van der Waals surface area contributed by atoms with Crippen molar-refractivity contribution < 1.29 is 9.59 Å². The first-order valence-electron chi connectivity index (χ1n) is 8.24. The lowest BCUT2D eigenvalue weighted by molar-refractivity contribution is -0.121. The molecule has 2 aromatic rings. The standard InChI is InChI=1S/C19H20ClN3O2/c20-15-7-1-2-9-17(15)23-10-4-8-16(19(23)25)22-12-13-5-3-6-14(11-13)18(21)24/h1-3,5-7,9,11,16,22H,4,8,10,12H2,(H2,21,24)/t16-/m1/s1. The number of nitrogens with one attached hydrogen (secondary N) is 1. The molecule has 0 radical (unpaired) electrons. The first-order valence-corrected chi connectivity index (χ1v) is 8.62.